The molecule has 1 aromatic carbocycles. The summed E-state index contributed by atoms with van der Waals surface area (Å²) in [6.45, 7) is 3.86. The van der Waals surface area contributed by atoms with E-state index < -0.39 is 0 Å². The lowest BCUT2D eigenvalue weighted by atomic mass is 10.3. The van der Waals surface area contributed by atoms with E-state index in [4.69, 9.17) is 23.2 Å². The smallest absolute Gasteiger partial charge is 0.164 e. The summed E-state index contributed by atoms with van der Waals surface area (Å²) < 4.78 is 1.96. The number of fused-ring (bicyclic) bond motifs is 1. The summed E-state index contributed by atoms with van der Waals surface area (Å²) >= 11 is 12.4. The van der Waals surface area contributed by atoms with Gasteiger partial charge in [-0.25, -0.2) is 9.97 Å². The molecule has 102 valence electrons. The van der Waals surface area contributed by atoms with Gasteiger partial charge in [0.25, 0.3) is 0 Å². The highest BCUT2D eigenvalue weighted by molar-refractivity contribution is 6.30. The molecular formula is C15H13Cl2N3. The molecule has 0 aliphatic carbocycles. The van der Waals surface area contributed by atoms with Gasteiger partial charge in [0.15, 0.2) is 5.65 Å². The summed E-state index contributed by atoms with van der Waals surface area (Å²) in [5, 5.41) is 0.452. The molecule has 3 rings (SSSR count). The molecule has 0 saturated heterocycles. The lowest BCUT2D eigenvalue weighted by molar-refractivity contribution is 0.876. The zero-order valence-electron chi connectivity index (χ0n) is 11.1. The van der Waals surface area contributed by atoms with Crippen molar-refractivity contribution in [3.8, 4) is 5.69 Å². The van der Waals surface area contributed by atoms with E-state index in [9.17, 15) is 0 Å². The Bertz CT molecular complexity index is 778. The first-order chi connectivity index (χ1) is 9.56. The highest BCUT2D eigenvalue weighted by Gasteiger charge is 2.17. The molecule has 2 heterocycles. The van der Waals surface area contributed by atoms with Crippen LogP contribution in [0.3, 0.4) is 0 Å². The number of hydrogen-bond donors (Lipinski definition) is 0. The molecule has 3 nitrogen and oxygen atoms in total. The van der Waals surface area contributed by atoms with Crippen LogP contribution in [-0.4, -0.2) is 14.5 Å². The number of imidazole rings is 1. The monoisotopic (exact) mass is 305 g/mol. The third-order valence-electron chi connectivity index (χ3n) is 3.09. The topological polar surface area (TPSA) is 30.7 Å². The lowest BCUT2D eigenvalue weighted by Gasteiger charge is -2.10. The van der Waals surface area contributed by atoms with Crippen LogP contribution in [0.1, 0.15) is 23.8 Å². The summed E-state index contributed by atoms with van der Waals surface area (Å²) in [6.07, 6.45) is 0. The molecule has 0 aliphatic heterocycles. The standard InChI is InChI=1S/C15H13Cl2N3/c1-9-6-7-13-15(18-9)20(14(19-13)10(2)16)12-5-3-4-11(17)8-12/h3-8,10H,1-2H3. The quantitative estimate of drug-likeness (QED) is 0.643. The van der Waals surface area contributed by atoms with Gasteiger partial charge in [0.1, 0.15) is 11.3 Å². The Kier molecular flexibility index (Phi) is 3.40. The van der Waals surface area contributed by atoms with E-state index in [2.05, 4.69) is 9.97 Å². The molecule has 0 saturated carbocycles. The summed E-state index contributed by atoms with van der Waals surface area (Å²) in [5.41, 5.74) is 3.49. The van der Waals surface area contributed by atoms with Crippen LogP contribution in [0.2, 0.25) is 5.02 Å². The van der Waals surface area contributed by atoms with Crippen molar-refractivity contribution >= 4 is 34.4 Å². The molecule has 0 amide bonds. The van der Waals surface area contributed by atoms with Crippen molar-refractivity contribution in [3.63, 3.8) is 0 Å². The summed E-state index contributed by atoms with van der Waals surface area (Å²) in [5.74, 6) is 0.766. The van der Waals surface area contributed by atoms with Gasteiger partial charge in [-0.1, -0.05) is 17.7 Å². The summed E-state index contributed by atoms with van der Waals surface area (Å²) in [7, 11) is 0. The number of aromatic nitrogens is 3. The van der Waals surface area contributed by atoms with E-state index in [0.29, 0.717) is 5.02 Å². The SMILES string of the molecule is Cc1ccc2nc(C(C)Cl)n(-c3cccc(Cl)c3)c2n1. The van der Waals surface area contributed by atoms with Gasteiger partial charge < -0.3 is 0 Å². The minimum Gasteiger partial charge on any atom is -0.279 e. The number of hydrogen-bond acceptors (Lipinski definition) is 2. The Morgan fingerprint density at radius 2 is 1.95 bits per heavy atom. The molecule has 20 heavy (non-hydrogen) atoms. The average Bonchev–Trinajstić information content (AvgIpc) is 2.77. The predicted octanol–water partition coefficient (Wildman–Crippen LogP) is 4.68. The van der Waals surface area contributed by atoms with Crippen LogP contribution in [0.15, 0.2) is 36.4 Å². The van der Waals surface area contributed by atoms with Crippen LogP contribution < -0.4 is 0 Å². The van der Waals surface area contributed by atoms with Crippen LogP contribution in [-0.2, 0) is 0 Å². The first-order valence-electron chi connectivity index (χ1n) is 6.32. The number of nitrogens with zero attached hydrogens (tertiary/aromatic N) is 3. The van der Waals surface area contributed by atoms with Gasteiger partial charge in [0.05, 0.1) is 11.1 Å². The minimum atomic E-state index is -0.219. The normalized spacial score (nSPS) is 12.8. The second-order valence-corrected chi connectivity index (χ2v) is 5.79. The van der Waals surface area contributed by atoms with E-state index in [-0.39, 0.29) is 5.38 Å². The fourth-order valence-corrected chi connectivity index (χ4v) is 2.54. The van der Waals surface area contributed by atoms with E-state index >= 15 is 0 Å². The molecule has 2 aromatic heterocycles. The molecular weight excluding hydrogens is 293 g/mol. The van der Waals surface area contributed by atoms with Crippen molar-refractivity contribution in [2.45, 2.75) is 19.2 Å². The lowest BCUT2D eigenvalue weighted by Crippen LogP contribution is -2.02. The Hall–Kier alpha value is -1.58. The maximum atomic E-state index is 6.27. The van der Waals surface area contributed by atoms with Crippen molar-refractivity contribution in [1.82, 2.24) is 14.5 Å². The summed E-state index contributed by atoms with van der Waals surface area (Å²) in [6, 6.07) is 11.5. The molecule has 1 atom stereocenters. The predicted molar refractivity (Wildman–Crippen MR) is 82.9 cm³/mol. The highest BCUT2D eigenvalue weighted by atomic mass is 35.5. The van der Waals surface area contributed by atoms with Crippen molar-refractivity contribution in [2.75, 3.05) is 0 Å². The van der Waals surface area contributed by atoms with Gasteiger partial charge in [-0.15, -0.1) is 11.6 Å². The van der Waals surface area contributed by atoms with Gasteiger partial charge in [-0.2, -0.15) is 0 Å². The first kappa shape index (κ1) is 13.4. The maximum Gasteiger partial charge on any atom is 0.164 e. The molecule has 0 radical (unpaired) electrons. The Balaban J connectivity index is 2.36. The first-order valence-corrected chi connectivity index (χ1v) is 7.13. The number of pyridine rings is 1. The molecule has 3 aromatic rings. The van der Waals surface area contributed by atoms with Crippen LogP contribution in [0.4, 0.5) is 0 Å². The molecule has 0 fully saturated rings. The van der Waals surface area contributed by atoms with Crippen LogP contribution in [0, 0.1) is 6.92 Å². The number of aryl methyl sites for hydroxylation is 1. The second kappa shape index (κ2) is 5.08. The molecule has 0 bridgehead atoms. The number of halogens is 2. The minimum absolute atomic E-state index is 0.219. The van der Waals surface area contributed by atoms with Crippen molar-refractivity contribution in [2.24, 2.45) is 0 Å². The van der Waals surface area contributed by atoms with E-state index in [1.807, 2.05) is 54.8 Å². The third-order valence-corrected chi connectivity index (χ3v) is 3.52. The van der Waals surface area contributed by atoms with Crippen LogP contribution in [0.5, 0.6) is 0 Å². The number of benzene rings is 1. The van der Waals surface area contributed by atoms with Gasteiger partial charge in [-0.3, -0.25) is 4.57 Å². The van der Waals surface area contributed by atoms with Crippen LogP contribution >= 0.6 is 23.2 Å². The Morgan fingerprint density at radius 3 is 2.65 bits per heavy atom. The van der Waals surface area contributed by atoms with Gasteiger partial charge in [0, 0.05) is 10.7 Å². The van der Waals surface area contributed by atoms with E-state index in [0.717, 1.165) is 28.4 Å². The molecule has 0 N–H and O–H groups in total. The van der Waals surface area contributed by atoms with E-state index in [1.54, 1.807) is 0 Å². The third kappa shape index (κ3) is 2.28. The fraction of sp³-hybridized carbons (Fsp3) is 0.200. The molecule has 0 spiro atoms. The number of rotatable bonds is 2. The van der Waals surface area contributed by atoms with Crippen molar-refractivity contribution < 1.29 is 0 Å². The summed E-state index contributed by atoms with van der Waals surface area (Å²) in [4.78, 5) is 9.17. The van der Waals surface area contributed by atoms with Crippen molar-refractivity contribution in [1.29, 1.82) is 0 Å². The van der Waals surface area contributed by atoms with Crippen LogP contribution in [0.25, 0.3) is 16.9 Å². The maximum absolute atomic E-state index is 6.27. The Labute approximate surface area is 127 Å². The van der Waals surface area contributed by atoms with Gasteiger partial charge >= 0.3 is 0 Å². The highest BCUT2D eigenvalue weighted by Crippen LogP contribution is 2.28. The molecule has 1 unspecified atom stereocenters. The van der Waals surface area contributed by atoms with Gasteiger partial charge in [-0.05, 0) is 44.2 Å². The second-order valence-electron chi connectivity index (χ2n) is 4.70. The zero-order chi connectivity index (χ0) is 14.3. The fourth-order valence-electron chi connectivity index (χ4n) is 2.21. The molecule has 5 heteroatoms. The Morgan fingerprint density at radius 1 is 1.15 bits per heavy atom. The zero-order valence-corrected chi connectivity index (χ0v) is 12.7. The largest absolute Gasteiger partial charge is 0.279 e. The van der Waals surface area contributed by atoms with E-state index in [1.165, 1.54) is 0 Å². The number of alkyl halides is 1. The molecule has 0 aliphatic rings. The van der Waals surface area contributed by atoms with Gasteiger partial charge in [0.2, 0.25) is 0 Å². The average molecular weight is 306 g/mol. The van der Waals surface area contributed by atoms with Crippen molar-refractivity contribution in [3.05, 3.63) is 52.9 Å².